The van der Waals surface area contributed by atoms with Crippen LogP contribution in [0.5, 0.6) is 11.5 Å². The molecule has 4 nitrogen and oxygen atoms in total. The lowest BCUT2D eigenvalue weighted by Crippen LogP contribution is -2.03. The van der Waals surface area contributed by atoms with Crippen LogP contribution in [-0.2, 0) is 14.8 Å². The second kappa shape index (κ2) is 5.14. The second-order valence-electron chi connectivity index (χ2n) is 3.73. The van der Waals surface area contributed by atoms with E-state index >= 15 is 0 Å². The highest BCUT2D eigenvalue weighted by Crippen LogP contribution is 2.37. The Kier molecular flexibility index (Phi) is 4.27. The summed E-state index contributed by atoms with van der Waals surface area (Å²) < 4.78 is 32.7. The number of methoxy groups -OCH3 is 2. The van der Waals surface area contributed by atoms with Crippen molar-refractivity contribution in [3.8, 4) is 11.5 Å². The van der Waals surface area contributed by atoms with E-state index in [1.54, 1.807) is 20.1 Å². The highest BCUT2D eigenvalue weighted by molar-refractivity contribution is 8.13. The topological polar surface area (TPSA) is 52.6 Å². The molecule has 0 amide bonds. The van der Waals surface area contributed by atoms with Gasteiger partial charge >= 0.3 is 0 Å². The number of hydrogen-bond donors (Lipinski definition) is 0. The van der Waals surface area contributed by atoms with E-state index in [2.05, 4.69) is 0 Å². The highest BCUT2D eigenvalue weighted by atomic mass is 35.7. The van der Waals surface area contributed by atoms with E-state index in [9.17, 15) is 8.42 Å². The Labute approximate surface area is 106 Å². The van der Waals surface area contributed by atoms with Crippen LogP contribution in [0.3, 0.4) is 0 Å². The van der Waals surface area contributed by atoms with Gasteiger partial charge in [0.15, 0.2) is 11.5 Å². The Hall–Kier alpha value is -0.940. The molecule has 0 aliphatic rings. The van der Waals surface area contributed by atoms with Crippen LogP contribution in [0.1, 0.15) is 16.7 Å². The Morgan fingerprint density at radius 1 is 1.18 bits per heavy atom. The summed E-state index contributed by atoms with van der Waals surface area (Å²) in [7, 11) is 4.74. The van der Waals surface area contributed by atoms with E-state index in [4.69, 9.17) is 20.2 Å². The van der Waals surface area contributed by atoms with Gasteiger partial charge in [0.2, 0.25) is 9.05 Å². The first-order valence-electron chi connectivity index (χ1n) is 4.93. The molecule has 0 saturated heterocycles. The zero-order valence-electron chi connectivity index (χ0n) is 10.2. The molecule has 96 valence electrons. The fraction of sp³-hybridized carbons (Fsp3) is 0.455. The summed E-state index contributed by atoms with van der Waals surface area (Å²) >= 11 is 0. The van der Waals surface area contributed by atoms with E-state index in [0.29, 0.717) is 17.1 Å². The zero-order chi connectivity index (χ0) is 13.2. The predicted octanol–water partition coefficient (Wildman–Crippen LogP) is 2.39. The molecule has 0 heterocycles. The van der Waals surface area contributed by atoms with Crippen molar-refractivity contribution in [3.05, 3.63) is 22.8 Å². The van der Waals surface area contributed by atoms with Gasteiger partial charge in [-0.2, -0.15) is 0 Å². The molecule has 0 bridgehead atoms. The molecule has 0 N–H and O–H groups in total. The van der Waals surface area contributed by atoms with Crippen molar-refractivity contribution in [2.24, 2.45) is 0 Å². The van der Waals surface area contributed by atoms with E-state index < -0.39 is 9.05 Å². The smallest absolute Gasteiger partial charge is 0.236 e. The van der Waals surface area contributed by atoms with Gasteiger partial charge < -0.3 is 9.47 Å². The molecular weight excluding hydrogens is 264 g/mol. The lowest BCUT2D eigenvalue weighted by molar-refractivity contribution is 0.350. The minimum Gasteiger partial charge on any atom is -0.493 e. The molecule has 1 rings (SSSR count). The molecule has 17 heavy (non-hydrogen) atoms. The maximum atomic E-state index is 11.1. The second-order valence-corrected chi connectivity index (χ2v) is 6.50. The number of rotatable bonds is 4. The van der Waals surface area contributed by atoms with Gasteiger partial charge in [-0.1, -0.05) is 6.07 Å². The molecule has 0 saturated carbocycles. The molecule has 1 aromatic rings. The van der Waals surface area contributed by atoms with Gasteiger partial charge in [0, 0.05) is 10.7 Å². The number of aryl methyl sites for hydroxylation is 1. The van der Waals surface area contributed by atoms with Crippen LogP contribution in [-0.4, -0.2) is 22.6 Å². The fourth-order valence-electron chi connectivity index (χ4n) is 1.77. The summed E-state index contributed by atoms with van der Waals surface area (Å²) in [5.74, 6) is 0.935. The van der Waals surface area contributed by atoms with E-state index in [1.165, 1.54) is 7.11 Å². The molecule has 1 aromatic carbocycles. The molecule has 6 heteroatoms. The summed E-state index contributed by atoms with van der Waals surface area (Å²) in [5.41, 5.74) is 2.15. The molecule has 0 fully saturated rings. The number of hydrogen-bond acceptors (Lipinski definition) is 4. The van der Waals surface area contributed by atoms with Gasteiger partial charge in [0.05, 0.1) is 20.0 Å². The molecule has 0 aliphatic carbocycles. The van der Waals surface area contributed by atoms with Crippen LogP contribution < -0.4 is 9.47 Å². The van der Waals surface area contributed by atoms with Crippen molar-refractivity contribution in [2.45, 2.75) is 19.6 Å². The van der Waals surface area contributed by atoms with Crippen molar-refractivity contribution in [1.29, 1.82) is 0 Å². The minimum absolute atomic E-state index is 0.221. The molecule has 0 atom stereocenters. The normalized spacial score (nSPS) is 11.4. The summed E-state index contributed by atoms with van der Waals surface area (Å²) in [6.07, 6.45) is 0. The van der Waals surface area contributed by atoms with Crippen molar-refractivity contribution in [3.63, 3.8) is 0 Å². The quantitative estimate of drug-likeness (QED) is 0.794. The largest absolute Gasteiger partial charge is 0.493 e. The third kappa shape index (κ3) is 3.26. The number of benzene rings is 1. The first kappa shape index (κ1) is 14.1. The highest BCUT2D eigenvalue weighted by Gasteiger charge is 2.18. The van der Waals surface area contributed by atoms with Gasteiger partial charge in [-0.25, -0.2) is 8.42 Å². The summed E-state index contributed by atoms with van der Waals surface area (Å²) in [6.45, 7) is 3.60. The monoisotopic (exact) mass is 278 g/mol. The Balaban J connectivity index is 3.40. The zero-order valence-corrected chi connectivity index (χ0v) is 11.8. The summed E-state index contributed by atoms with van der Waals surface area (Å²) in [5, 5.41) is 0. The Morgan fingerprint density at radius 2 is 1.71 bits per heavy atom. The molecule has 0 aliphatic heterocycles. The van der Waals surface area contributed by atoms with Crippen molar-refractivity contribution in [2.75, 3.05) is 14.2 Å². The third-order valence-corrected chi connectivity index (χ3v) is 3.50. The van der Waals surface area contributed by atoms with Crippen molar-refractivity contribution >= 4 is 19.7 Å². The van der Waals surface area contributed by atoms with Crippen LogP contribution >= 0.6 is 10.7 Å². The Bertz CT molecular complexity index is 523. The first-order valence-corrected chi connectivity index (χ1v) is 7.41. The van der Waals surface area contributed by atoms with Crippen LogP contribution in [0.25, 0.3) is 0 Å². The minimum atomic E-state index is -3.59. The van der Waals surface area contributed by atoms with Crippen LogP contribution in [0.4, 0.5) is 0 Å². The first-order chi connectivity index (χ1) is 7.80. The SMILES string of the molecule is COc1c(C)cc(CS(=O)(=O)Cl)c(C)c1OC. The molecular formula is C11H15ClO4S. The van der Waals surface area contributed by atoms with Gasteiger partial charge in [0.25, 0.3) is 0 Å². The van der Waals surface area contributed by atoms with Gasteiger partial charge in [-0.05, 0) is 30.5 Å². The van der Waals surface area contributed by atoms with E-state index in [0.717, 1.165) is 11.1 Å². The molecule has 0 aromatic heterocycles. The van der Waals surface area contributed by atoms with Crippen LogP contribution in [0.2, 0.25) is 0 Å². The van der Waals surface area contributed by atoms with Gasteiger partial charge in [0.1, 0.15) is 0 Å². The van der Waals surface area contributed by atoms with Crippen LogP contribution in [0, 0.1) is 13.8 Å². The van der Waals surface area contributed by atoms with Crippen molar-refractivity contribution in [1.82, 2.24) is 0 Å². The maximum Gasteiger partial charge on any atom is 0.236 e. The van der Waals surface area contributed by atoms with Gasteiger partial charge in [-0.3, -0.25) is 0 Å². The number of halogens is 1. The van der Waals surface area contributed by atoms with E-state index in [1.807, 2.05) is 6.92 Å². The molecule has 0 unspecified atom stereocenters. The molecule has 0 spiro atoms. The van der Waals surface area contributed by atoms with Crippen molar-refractivity contribution < 1.29 is 17.9 Å². The average molecular weight is 279 g/mol. The van der Waals surface area contributed by atoms with Gasteiger partial charge in [-0.15, -0.1) is 0 Å². The average Bonchev–Trinajstić information content (AvgIpc) is 2.20. The molecule has 0 radical (unpaired) electrons. The Morgan fingerprint density at radius 3 is 2.12 bits per heavy atom. The number of ether oxygens (including phenoxy) is 2. The lowest BCUT2D eigenvalue weighted by Gasteiger charge is -2.16. The van der Waals surface area contributed by atoms with E-state index in [-0.39, 0.29) is 5.75 Å². The standard InChI is InChI=1S/C11H15ClO4S/c1-7-5-9(6-17(12,13)14)8(2)11(16-4)10(7)15-3/h5H,6H2,1-4H3. The lowest BCUT2D eigenvalue weighted by atomic mass is 10.0. The summed E-state index contributed by atoms with van der Waals surface area (Å²) in [4.78, 5) is 0. The fourth-order valence-corrected chi connectivity index (χ4v) is 2.79. The summed E-state index contributed by atoms with van der Waals surface area (Å²) in [6, 6.07) is 1.75. The maximum absolute atomic E-state index is 11.1. The van der Waals surface area contributed by atoms with Crippen LogP contribution in [0.15, 0.2) is 6.07 Å². The predicted molar refractivity (Wildman–Crippen MR) is 67.5 cm³/mol. The third-order valence-electron chi connectivity index (χ3n) is 2.51.